The summed E-state index contributed by atoms with van der Waals surface area (Å²) in [6, 6.07) is 8.60. The Labute approximate surface area is 174 Å². The van der Waals surface area contributed by atoms with E-state index in [1.165, 1.54) is 24.3 Å². The molecule has 0 unspecified atom stereocenters. The van der Waals surface area contributed by atoms with Gasteiger partial charge in [-0.05, 0) is 49.2 Å². The van der Waals surface area contributed by atoms with Crippen LogP contribution in [0.3, 0.4) is 0 Å². The largest absolute Gasteiger partial charge is 0.573 e. The van der Waals surface area contributed by atoms with Gasteiger partial charge in [-0.15, -0.1) is 13.2 Å². The van der Waals surface area contributed by atoms with Crippen LogP contribution in [-0.4, -0.2) is 46.2 Å². The maximum absolute atomic E-state index is 12.3. The highest BCUT2D eigenvalue weighted by atomic mass is 19.4. The topological polar surface area (TPSA) is 91.4 Å². The monoisotopic (exact) mass is 436 g/mol. The Bertz CT molecular complexity index is 1020. The van der Waals surface area contributed by atoms with Crippen LogP contribution in [0.1, 0.15) is 12.8 Å². The molecule has 0 bridgehead atoms. The van der Waals surface area contributed by atoms with Crippen molar-refractivity contribution in [1.29, 1.82) is 0 Å². The van der Waals surface area contributed by atoms with Gasteiger partial charge in [0, 0.05) is 24.9 Å². The van der Waals surface area contributed by atoms with Crippen LogP contribution in [-0.2, 0) is 16.1 Å². The van der Waals surface area contributed by atoms with E-state index < -0.39 is 6.36 Å². The highest BCUT2D eigenvalue weighted by molar-refractivity contribution is 5.76. The number of halogens is 3. The molecule has 1 saturated heterocycles. The molecule has 1 fully saturated rings. The van der Waals surface area contributed by atoms with Crippen molar-refractivity contribution in [3.8, 4) is 28.7 Å². The van der Waals surface area contributed by atoms with Gasteiger partial charge in [-0.25, -0.2) is 0 Å². The average Bonchev–Trinajstić information content (AvgIpc) is 3.47. The summed E-state index contributed by atoms with van der Waals surface area (Å²) in [6.07, 6.45) is -1.06. The first kappa shape index (κ1) is 20.9. The summed E-state index contributed by atoms with van der Waals surface area (Å²) in [5.74, 6) is -0.137. The van der Waals surface area contributed by atoms with E-state index in [0.29, 0.717) is 17.8 Å². The average molecular weight is 436 g/mol. The molecule has 0 radical (unpaired) electrons. The zero-order valence-electron chi connectivity index (χ0n) is 16.3. The zero-order chi connectivity index (χ0) is 21.8. The summed E-state index contributed by atoms with van der Waals surface area (Å²) in [5.41, 5.74) is 1.000. The molecule has 3 heterocycles. The second-order valence-electron chi connectivity index (χ2n) is 6.96. The first-order valence-corrected chi connectivity index (χ1v) is 9.61. The Hall–Kier alpha value is -3.34. The van der Waals surface area contributed by atoms with E-state index in [4.69, 9.17) is 9.26 Å². The Balaban J connectivity index is 1.41. The normalized spacial score (nSPS) is 16.4. The number of amides is 1. The highest BCUT2D eigenvalue weighted by Crippen LogP contribution is 2.27. The predicted octanol–water partition coefficient (Wildman–Crippen LogP) is 3.40. The van der Waals surface area contributed by atoms with E-state index >= 15 is 0 Å². The van der Waals surface area contributed by atoms with E-state index in [-0.39, 0.29) is 36.0 Å². The maximum atomic E-state index is 12.3. The first-order valence-electron chi connectivity index (χ1n) is 9.61. The van der Waals surface area contributed by atoms with Gasteiger partial charge in [0.05, 0.1) is 6.10 Å². The summed E-state index contributed by atoms with van der Waals surface area (Å²) in [5, 5.41) is 6.73. The highest BCUT2D eigenvalue weighted by Gasteiger charge is 2.31. The third-order valence-corrected chi connectivity index (χ3v) is 4.69. The van der Waals surface area contributed by atoms with Gasteiger partial charge in [0.15, 0.2) is 0 Å². The van der Waals surface area contributed by atoms with Crippen molar-refractivity contribution in [2.75, 3.05) is 13.2 Å². The fourth-order valence-electron chi connectivity index (χ4n) is 3.24. The molecule has 31 heavy (non-hydrogen) atoms. The molecule has 0 aliphatic carbocycles. The number of carbonyl (C=O) groups is 1. The van der Waals surface area contributed by atoms with Crippen molar-refractivity contribution in [2.24, 2.45) is 0 Å². The second kappa shape index (κ2) is 8.80. The summed E-state index contributed by atoms with van der Waals surface area (Å²) in [6.45, 7) is 1.25. The number of hydrogen-bond acceptors (Lipinski definition) is 6. The lowest BCUT2D eigenvalue weighted by Crippen LogP contribution is -2.34. The number of aromatic nitrogens is 3. The lowest BCUT2D eigenvalue weighted by atomic mass is 10.2. The molecule has 1 amide bonds. The lowest BCUT2D eigenvalue weighted by molar-refractivity contribution is -0.274. The number of carbonyl (C=O) groups excluding carboxylic acids is 1. The van der Waals surface area contributed by atoms with Crippen LogP contribution in [0.5, 0.6) is 5.75 Å². The smallest absolute Gasteiger partial charge is 0.406 e. The molecule has 4 rings (SSSR count). The molecule has 164 valence electrons. The van der Waals surface area contributed by atoms with Gasteiger partial charge in [0.1, 0.15) is 18.0 Å². The van der Waals surface area contributed by atoms with Gasteiger partial charge in [-0.1, -0.05) is 5.16 Å². The number of hydrogen-bond donors (Lipinski definition) is 1. The predicted molar refractivity (Wildman–Crippen MR) is 102 cm³/mol. The molecule has 0 saturated carbocycles. The van der Waals surface area contributed by atoms with Gasteiger partial charge < -0.3 is 23.9 Å². The minimum absolute atomic E-state index is 0.0551. The quantitative estimate of drug-likeness (QED) is 0.611. The van der Waals surface area contributed by atoms with E-state index in [1.807, 2.05) is 0 Å². The van der Waals surface area contributed by atoms with Crippen LogP contribution in [0.25, 0.3) is 23.0 Å². The molecule has 1 aliphatic rings. The summed E-state index contributed by atoms with van der Waals surface area (Å²) < 4.78 is 53.1. The Morgan fingerprint density at radius 1 is 1.26 bits per heavy atom. The second-order valence-corrected chi connectivity index (χ2v) is 6.96. The van der Waals surface area contributed by atoms with Crippen LogP contribution in [0.4, 0.5) is 13.2 Å². The van der Waals surface area contributed by atoms with Crippen molar-refractivity contribution in [3.63, 3.8) is 0 Å². The molecule has 1 aromatic carbocycles. The van der Waals surface area contributed by atoms with Gasteiger partial charge >= 0.3 is 6.36 Å². The molecule has 0 spiro atoms. The van der Waals surface area contributed by atoms with Crippen molar-refractivity contribution >= 4 is 5.91 Å². The van der Waals surface area contributed by atoms with Crippen LogP contribution < -0.4 is 10.1 Å². The van der Waals surface area contributed by atoms with Crippen LogP contribution in [0.2, 0.25) is 0 Å². The summed E-state index contributed by atoms with van der Waals surface area (Å²) in [4.78, 5) is 16.6. The number of nitrogens with one attached hydrogen (secondary N) is 1. The molecule has 11 heteroatoms. The fourth-order valence-corrected chi connectivity index (χ4v) is 3.24. The molecule has 3 aromatic rings. The minimum atomic E-state index is -4.76. The van der Waals surface area contributed by atoms with Gasteiger partial charge in [0.25, 0.3) is 5.89 Å². The zero-order valence-corrected chi connectivity index (χ0v) is 16.3. The first-order chi connectivity index (χ1) is 14.9. The molecular formula is C20H19F3N4O4. The standard InChI is InChI=1S/C20H19F3N4O4/c21-20(22,23)30-14-7-5-13(6-8-14)18-25-19(31-26-18)16-4-1-9-27(16)12-17(28)24-11-15-3-2-10-29-15/h1,4-9,15H,2-3,10-12H2,(H,24,28)/t15-/m1/s1. The van der Waals surface area contributed by atoms with Crippen molar-refractivity contribution in [2.45, 2.75) is 31.9 Å². The van der Waals surface area contributed by atoms with Gasteiger partial charge in [-0.3, -0.25) is 4.79 Å². The number of benzene rings is 1. The van der Waals surface area contributed by atoms with E-state index in [1.54, 1.807) is 22.9 Å². The van der Waals surface area contributed by atoms with Crippen LogP contribution in [0, 0.1) is 0 Å². The molecule has 1 aliphatic heterocycles. The molecule has 2 aromatic heterocycles. The van der Waals surface area contributed by atoms with E-state index in [2.05, 4.69) is 20.2 Å². The third kappa shape index (κ3) is 5.43. The Morgan fingerprint density at radius 2 is 2.06 bits per heavy atom. The summed E-state index contributed by atoms with van der Waals surface area (Å²) >= 11 is 0. The third-order valence-electron chi connectivity index (χ3n) is 4.69. The fraction of sp³-hybridized carbons (Fsp3) is 0.350. The molecule has 1 atom stereocenters. The molecular weight excluding hydrogens is 417 g/mol. The van der Waals surface area contributed by atoms with Gasteiger partial charge in [0.2, 0.25) is 11.7 Å². The van der Waals surface area contributed by atoms with E-state index in [0.717, 1.165) is 19.4 Å². The number of ether oxygens (including phenoxy) is 2. The lowest BCUT2D eigenvalue weighted by Gasteiger charge is -2.11. The SMILES string of the molecule is O=C(Cn1cccc1-c1nc(-c2ccc(OC(F)(F)F)cc2)no1)NC[C@H]1CCCO1. The minimum Gasteiger partial charge on any atom is -0.406 e. The number of rotatable bonds is 7. The van der Waals surface area contributed by atoms with Crippen molar-refractivity contribution in [1.82, 2.24) is 20.0 Å². The Kier molecular flexibility index (Phi) is 5.94. The summed E-state index contributed by atoms with van der Waals surface area (Å²) in [7, 11) is 0. The van der Waals surface area contributed by atoms with Gasteiger partial charge in [-0.2, -0.15) is 4.98 Å². The van der Waals surface area contributed by atoms with Crippen molar-refractivity contribution in [3.05, 3.63) is 42.6 Å². The number of alkyl halides is 3. The van der Waals surface area contributed by atoms with Crippen molar-refractivity contribution < 1.29 is 32.0 Å². The van der Waals surface area contributed by atoms with Crippen LogP contribution in [0.15, 0.2) is 47.1 Å². The van der Waals surface area contributed by atoms with Crippen LogP contribution >= 0.6 is 0 Å². The maximum Gasteiger partial charge on any atom is 0.573 e. The molecule has 8 nitrogen and oxygen atoms in total. The Morgan fingerprint density at radius 3 is 2.77 bits per heavy atom. The molecule has 1 N–H and O–H groups in total. The van der Waals surface area contributed by atoms with E-state index in [9.17, 15) is 18.0 Å². The number of nitrogens with zero attached hydrogens (tertiary/aromatic N) is 3.